The van der Waals surface area contributed by atoms with Gasteiger partial charge in [-0.05, 0) is 13.3 Å². The molecule has 1 atom stereocenters. The number of ether oxygens (including phenoxy) is 3. The molecule has 0 aliphatic rings. The number of hydrogen-bond donors (Lipinski definition) is 1. The normalized spacial score (nSPS) is 11.8. The molecule has 0 aliphatic heterocycles. The van der Waals surface area contributed by atoms with Gasteiger partial charge in [-0.1, -0.05) is 6.92 Å². The average molecular weight is 239 g/mol. The predicted octanol–water partition coefficient (Wildman–Crippen LogP) is 2.92. The van der Waals surface area contributed by atoms with Crippen molar-refractivity contribution in [2.24, 2.45) is 0 Å². The third-order valence-electron chi connectivity index (χ3n) is 2.69. The molecule has 4 nitrogen and oxygen atoms in total. The summed E-state index contributed by atoms with van der Waals surface area (Å²) in [4.78, 5) is 0. The first-order chi connectivity index (χ1) is 8.15. The zero-order valence-corrected chi connectivity index (χ0v) is 11.2. The fourth-order valence-electron chi connectivity index (χ4n) is 1.55. The van der Waals surface area contributed by atoms with Crippen LogP contribution in [0, 0.1) is 0 Å². The lowest BCUT2D eigenvalue weighted by Gasteiger charge is -2.17. The first-order valence-electron chi connectivity index (χ1n) is 5.72. The van der Waals surface area contributed by atoms with E-state index in [1.165, 1.54) is 0 Å². The number of benzene rings is 1. The van der Waals surface area contributed by atoms with Crippen molar-refractivity contribution in [1.82, 2.24) is 0 Å². The zero-order chi connectivity index (χ0) is 12.8. The van der Waals surface area contributed by atoms with Crippen LogP contribution in [0.25, 0.3) is 0 Å². The maximum atomic E-state index is 5.29. The Morgan fingerprint density at radius 3 is 1.94 bits per heavy atom. The van der Waals surface area contributed by atoms with Gasteiger partial charge < -0.3 is 19.5 Å². The minimum atomic E-state index is 0.401. The van der Waals surface area contributed by atoms with Crippen LogP contribution in [-0.4, -0.2) is 27.4 Å². The van der Waals surface area contributed by atoms with Gasteiger partial charge in [0.2, 0.25) is 5.75 Å². The third-order valence-corrected chi connectivity index (χ3v) is 2.69. The molecule has 0 heterocycles. The van der Waals surface area contributed by atoms with Crippen LogP contribution in [0.4, 0.5) is 5.69 Å². The summed E-state index contributed by atoms with van der Waals surface area (Å²) in [6.45, 7) is 4.26. The molecule has 0 radical (unpaired) electrons. The highest BCUT2D eigenvalue weighted by Crippen LogP contribution is 2.40. The molecular formula is C13H21NO3. The molecule has 0 spiro atoms. The molecule has 4 heteroatoms. The first kappa shape index (κ1) is 13.5. The molecule has 0 amide bonds. The molecular weight excluding hydrogens is 218 g/mol. The van der Waals surface area contributed by atoms with Crippen LogP contribution in [0.5, 0.6) is 17.2 Å². The summed E-state index contributed by atoms with van der Waals surface area (Å²) in [7, 11) is 4.83. The van der Waals surface area contributed by atoms with Crippen LogP contribution in [-0.2, 0) is 0 Å². The van der Waals surface area contributed by atoms with Gasteiger partial charge in [0.05, 0.1) is 21.3 Å². The highest BCUT2D eigenvalue weighted by Gasteiger charge is 2.13. The van der Waals surface area contributed by atoms with Gasteiger partial charge >= 0.3 is 0 Å². The molecule has 0 fully saturated rings. The summed E-state index contributed by atoms with van der Waals surface area (Å²) in [5, 5.41) is 3.38. The van der Waals surface area contributed by atoms with Gasteiger partial charge in [0, 0.05) is 23.9 Å². The zero-order valence-electron chi connectivity index (χ0n) is 11.2. The summed E-state index contributed by atoms with van der Waals surface area (Å²) in [6, 6.07) is 4.22. The molecule has 1 rings (SSSR count). The van der Waals surface area contributed by atoms with Crippen LogP contribution in [0.15, 0.2) is 12.1 Å². The number of rotatable bonds is 6. The van der Waals surface area contributed by atoms with Crippen LogP contribution in [0.2, 0.25) is 0 Å². The largest absolute Gasteiger partial charge is 0.493 e. The van der Waals surface area contributed by atoms with Crippen molar-refractivity contribution in [3.63, 3.8) is 0 Å². The second-order valence-electron chi connectivity index (χ2n) is 3.87. The second kappa shape index (κ2) is 6.23. The molecule has 1 aromatic rings. The highest BCUT2D eigenvalue weighted by atomic mass is 16.5. The van der Waals surface area contributed by atoms with Gasteiger partial charge in [0.25, 0.3) is 0 Å². The first-order valence-corrected chi connectivity index (χ1v) is 5.72. The van der Waals surface area contributed by atoms with E-state index in [0.29, 0.717) is 23.3 Å². The monoisotopic (exact) mass is 239 g/mol. The Labute approximate surface area is 103 Å². The van der Waals surface area contributed by atoms with E-state index in [2.05, 4.69) is 19.2 Å². The van der Waals surface area contributed by atoms with Crippen molar-refractivity contribution in [3.8, 4) is 17.2 Å². The second-order valence-corrected chi connectivity index (χ2v) is 3.87. The van der Waals surface area contributed by atoms with Crippen LogP contribution in [0.3, 0.4) is 0 Å². The Bertz CT molecular complexity index is 341. The van der Waals surface area contributed by atoms with E-state index in [1.54, 1.807) is 21.3 Å². The minimum Gasteiger partial charge on any atom is -0.493 e. The van der Waals surface area contributed by atoms with E-state index in [9.17, 15) is 0 Å². The highest BCUT2D eigenvalue weighted by molar-refractivity contribution is 5.62. The van der Waals surface area contributed by atoms with Gasteiger partial charge in [-0.3, -0.25) is 0 Å². The molecule has 1 aromatic carbocycles. The molecule has 0 bridgehead atoms. The Morgan fingerprint density at radius 2 is 1.59 bits per heavy atom. The van der Waals surface area contributed by atoms with Gasteiger partial charge in [0.15, 0.2) is 11.5 Å². The van der Waals surface area contributed by atoms with Crippen molar-refractivity contribution < 1.29 is 14.2 Å². The minimum absolute atomic E-state index is 0.401. The molecule has 0 aromatic heterocycles. The number of hydrogen-bond acceptors (Lipinski definition) is 4. The van der Waals surface area contributed by atoms with E-state index in [4.69, 9.17) is 14.2 Å². The fourth-order valence-corrected chi connectivity index (χ4v) is 1.55. The van der Waals surface area contributed by atoms with Crippen molar-refractivity contribution in [2.75, 3.05) is 26.6 Å². The number of anilines is 1. The maximum absolute atomic E-state index is 5.29. The number of nitrogens with one attached hydrogen (secondary N) is 1. The molecule has 1 unspecified atom stereocenters. The summed E-state index contributed by atoms with van der Waals surface area (Å²) in [5.74, 6) is 1.94. The fraction of sp³-hybridized carbons (Fsp3) is 0.538. The lowest BCUT2D eigenvalue weighted by atomic mass is 10.2. The van der Waals surface area contributed by atoms with Crippen LogP contribution < -0.4 is 19.5 Å². The lowest BCUT2D eigenvalue weighted by Crippen LogP contribution is -2.13. The predicted molar refractivity (Wildman–Crippen MR) is 69.5 cm³/mol. The van der Waals surface area contributed by atoms with Crippen molar-refractivity contribution in [3.05, 3.63) is 12.1 Å². The molecule has 0 aliphatic carbocycles. The Kier molecular flexibility index (Phi) is 4.94. The standard InChI is InChI=1S/C13H21NO3/c1-6-9(2)14-10-7-11(15-3)13(17-5)12(8-10)16-4/h7-9,14H,6H2,1-5H3. The van der Waals surface area contributed by atoms with Gasteiger partial charge in [-0.25, -0.2) is 0 Å². The number of methoxy groups -OCH3 is 3. The topological polar surface area (TPSA) is 39.7 Å². The third kappa shape index (κ3) is 3.19. The van der Waals surface area contributed by atoms with Crippen molar-refractivity contribution >= 4 is 5.69 Å². The van der Waals surface area contributed by atoms with E-state index in [1.807, 2.05) is 12.1 Å². The average Bonchev–Trinajstić information content (AvgIpc) is 2.37. The summed E-state index contributed by atoms with van der Waals surface area (Å²) >= 11 is 0. The van der Waals surface area contributed by atoms with Gasteiger partial charge in [-0.15, -0.1) is 0 Å². The van der Waals surface area contributed by atoms with E-state index < -0.39 is 0 Å². The van der Waals surface area contributed by atoms with Gasteiger partial charge in [0.1, 0.15) is 0 Å². The van der Waals surface area contributed by atoms with Crippen LogP contribution in [0.1, 0.15) is 20.3 Å². The molecule has 17 heavy (non-hydrogen) atoms. The molecule has 0 saturated heterocycles. The van der Waals surface area contributed by atoms with Crippen LogP contribution >= 0.6 is 0 Å². The van der Waals surface area contributed by atoms with Crippen molar-refractivity contribution in [1.29, 1.82) is 0 Å². The Morgan fingerprint density at radius 1 is 1.06 bits per heavy atom. The summed E-state index contributed by atoms with van der Waals surface area (Å²) in [5.41, 5.74) is 0.967. The SMILES string of the molecule is CCC(C)Nc1cc(OC)c(OC)c(OC)c1. The van der Waals surface area contributed by atoms with Gasteiger partial charge in [-0.2, -0.15) is 0 Å². The van der Waals surface area contributed by atoms with E-state index in [-0.39, 0.29) is 0 Å². The smallest absolute Gasteiger partial charge is 0.203 e. The molecule has 0 saturated carbocycles. The van der Waals surface area contributed by atoms with Crippen molar-refractivity contribution in [2.45, 2.75) is 26.3 Å². The molecule has 96 valence electrons. The maximum Gasteiger partial charge on any atom is 0.203 e. The lowest BCUT2D eigenvalue weighted by molar-refractivity contribution is 0.324. The molecule has 1 N–H and O–H groups in total. The summed E-state index contributed by atoms with van der Waals surface area (Å²) in [6.07, 6.45) is 1.05. The summed E-state index contributed by atoms with van der Waals surface area (Å²) < 4.78 is 15.8. The van der Waals surface area contributed by atoms with E-state index >= 15 is 0 Å². The Hall–Kier alpha value is -1.58. The Balaban J connectivity index is 3.08. The quantitative estimate of drug-likeness (QED) is 0.828. The van der Waals surface area contributed by atoms with E-state index in [0.717, 1.165) is 12.1 Å².